The maximum absolute atomic E-state index is 13.3. The molecule has 0 aliphatic carbocycles. The molecule has 0 radical (unpaired) electrons. The molecule has 0 aliphatic rings. The highest BCUT2D eigenvalue weighted by molar-refractivity contribution is 9.10. The molecule has 0 spiro atoms. The summed E-state index contributed by atoms with van der Waals surface area (Å²) in [5.74, 6) is -0.187. The molecule has 1 aromatic rings. The summed E-state index contributed by atoms with van der Waals surface area (Å²) in [6.07, 6.45) is 3.08. The standard InChI is InChI=1S/C14H21BrFNO/c1-3-17-14(6-4-5-9-18-2)12-10-11(16)7-8-13(12)15/h7-8,10,14,17H,3-6,9H2,1-2H3. The molecule has 102 valence electrons. The molecule has 18 heavy (non-hydrogen) atoms. The SMILES string of the molecule is CCNC(CCCCOC)c1cc(F)ccc1Br. The van der Waals surface area contributed by atoms with Gasteiger partial charge >= 0.3 is 0 Å². The highest BCUT2D eigenvalue weighted by atomic mass is 79.9. The Morgan fingerprint density at radius 2 is 2.17 bits per heavy atom. The number of ether oxygens (including phenoxy) is 1. The van der Waals surface area contributed by atoms with Gasteiger partial charge in [0.15, 0.2) is 0 Å². The van der Waals surface area contributed by atoms with Crippen molar-refractivity contribution in [1.82, 2.24) is 5.32 Å². The van der Waals surface area contributed by atoms with Gasteiger partial charge < -0.3 is 10.1 Å². The molecule has 0 aliphatic heterocycles. The van der Waals surface area contributed by atoms with Crippen LogP contribution < -0.4 is 5.32 Å². The molecule has 2 nitrogen and oxygen atoms in total. The third-order valence-corrected chi connectivity index (χ3v) is 3.60. The molecule has 0 amide bonds. The highest BCUT2D eigenvalue weighted by Gasteiger charge is 2.14. The van der Waals surface area contributed by atoms with Gasteiger partial charge in [-0.25, -0.2) is 4.39 Å². The molecular weight excluding hydrogens is 297 g/mol. The second-order valence-electron chi connectivity index (χ2n) is 4.26. The summed E-state index contributed by atoms with van der Waals surface area (Å²) >= 11 is 3.49. The summed E-state index contributed by atoms with van der Waals surface area (Å²) in [5.41, 5.74) is 0.995. The van der Waals surface area contributed by atoms with E-state index in [1.165, 1.54) is 6.07 Å². The average molecular weight is 318 g/mol. The Morgan fingerprint density at radius 3 is 2.83 bits per heavy atom. The van der Waals surface area contributed by atoms with Crippen molar-refractivity contribution >= 4 is 15.9 Å². The van der Waals surface area contributed by atoms with Crippen molar-refractivity contribution in [2.45, 2.75) is 32.2 Å². The number of hydrogen-bond acceptors (Lipinski definition) is 2. The quantitative estimate of drug-likeness (QED) is 0.730. The zero-order chi connectivity index (χ0) is 13.4. The Kier molecular flexibility index (Phi) is 7.47. The van der Waals surface area contributed by atoms with Gasteiger partial charge in [-0.1, -0.05) is 22.9 Å². The number of benzene rings is 1. The number of unbranched alkanes of at least 4 members (excludes halogenated alkanes) is 1. The van der Waals surface area contributed by atoms with Crippen LogP contribution in [0.15, 0.2) is 22.7 Å². The summed E-state index contributed by atoms with van der Waals surface area (Å²) in [7, 11) is 1.71. The zero-order valence-electron chi connectivity index (χ0n) is 11.0. The minimum absolute atomic E-state index is 0.187. The van der Waals surface area contributed by atoms with E-state index in [1.54, 1.807) is 19.2 Å². The number of hydrogen-bond donors (Lipinski definition) is 1. The van der Waals surface area contributed by atoms with Crippen LogP contribution in [0.2, 0.25) is 0 Å². The fraction of sp³-hybridized carbons (Fsp3) is 0.571. The summed E-state index contributed by atoms with van der Waals surface area (Å²) < 4.78 is 19.3. The van der Waals surface area contributed by atoms with E-state index in [0.29, 0.717) is 0 Å². The van der Waals surface area contributed by atoms with E-state index in [4.69, 9.17) is 4.74 Å². The van der Waals surface area contributed by atoms with Gasteiger partial charge in [0, 0.05) is 24.2 Å². The monoisotopic (exact) mass is 317 g/mol. The van der Waals surface area contributed by atoms with Crippen molar-refractivity contribution in [2.24, 2.45) is 0 Å². The van der Waals surface area contributed by atoms with E-state index in [2.05, 4.69) is 28.2 Å². The fourth-order valence-electron chi connectivity index (χ4n) is 1.99. The van der Waals surface area contributed by atoms with Gasteiger partial charge in [-0.2, -0.15) is 0 Å². The van der Waals surface area contributed by atoms with Crippen LogP contribution in [0.5, 0.6) is 0 Å². The van der Waals surface area contributed by atoms with E-state index < -0.39 is 0 Å². The van der Waals surface area contributed by atoms with Gasteiger partial charge in [-0.3, -0.25) is 0 Å². The number of methoxy groups -OCH3 is 1. The summed E-state index contributed by atoms with van der Waals surface area (Å²) in [4.78, 5) is 0. The first-order valence-electron chi connectivity index (χ1n) is 6.36. The van der Waals surface area contributed by atoms with Crippen LogP contribution in [-0.2, 0) is 4.74 Å². The van der Waals surface area contributed by atoms with Crippen LogP contribution in [0.3, 0.4) is 0 Å². The molecule has 4 heteroatoms. The van der Waals surface area contributed by atoms with Crippen LogP contribution >= 0.6 is 15.9 Å². The van der Waals surface area contributed by atoms with Gasteiger partial charge in [-0.05, 0) is 49.6 Å². The third kappa shape index (κ3) is 5.04. The van der Waals surface area contributed by atoms with Crippen molar-refractivity contribution in [3.8, 4) is 0 Å². The van der Waals surface area contributed by atoms with E-state index in [9.17, 15) is 4.39 Å². The van der Waals surface area contributed by atoms with Crippen LogP contribution in [0.4, 0.5) is 4.39 Å². The smallest absolute Gasteiger partial charge is 0.123 e. The minimum Gasteiger partial charge on any atom is -0.385 e. The zero-order valence-corrected chi connectivity index (χ0v) is 12.6. The molecule has 1 atom stereocenters. The molecule has 1 N–H and O–H groups in total. The van der Waals surface area contributed by atoms with E-state index in [0.717, 1.165) is 42.5 Å². The highest BCUT2D eigenvalue weighted by Crippen LogP contribution is 2.27. The second-order valence-corrected chi connectivity index (χ2v) is 5.12. The van der Waals surface area contributed by atoms with Crippen LogP contribution in [0.25, 0.3) is 0 Å². The summed E-state index contributed by atoms with van der Waals surface area (Å²) in [6.45, 7) is 3.72. The molecule has 0 saturated heterocycles. The molecule has 0 fully saturated rings. The largest absolute Gasteiger partial charge is 0.385 e. The normalized spacial score (nSPS) is 12.7. The predicted molar refractivity (Wildman–Crippen MR) is 76.2 cm³/mol. The Labute approximate surface area is 117 Å². The first-order chi connectivity index (χ1) is 8.69. The van der Waals surface area contributed by atoms with Gasteiger partial charge in [0.25, 0.3) is 0 Å². The predicted octanol–water partition coefficient (Wildman–Crippen LogP) is 4.06. The minimum atomic E-state index is -0.187. The molecule has 1 aromatic carbocycles. The Hall–Kier alpha value is -0.450. The first kappa shape index (κ1) is 15.6. The van der Waals surface area contributed by atoms with Crippen molar-refractivity contribution in [3.63, 3.8) is 0 Å². The summed E-state index contributed by atoms with van der Waals surface area (Å²) in [5, 5.41) is 3.41. The number of rotatable bonds is 8. The molecule has 0 aromatic heterocycles. The molecule has 1 rings (SSSR count). The lowest BCUT2D eigenvalue weighted by Gasteiger charge is -2.19. The van der Waals surface area contributed by atoms with Crippen molar-refractivity contribution in [1.29, 1.82) is 0 Å². The van der Waals surface area contributed by atoms with Crippen LogP contribution in [0, 0.1) is 5.82 Å². The number of nitrogens with one attached hydrogen (secondary N) is 1. The fourth-order valence-corrected chi connectivity index (χ4v) is 2.51. The topological polar surface area (TPSA) is 21.3 Å². The number of halogens is 2. The van der Waals surface area contributed by atoms with Crippen molar-refractivity contribution < 1.29 is 9.13 Å². The van der Waals surface area contributed by atoms with Gasteiger partial charge in [0.1, 0.15) is 5.82 Å². The maximum atomic E-state index is 13.3. The molecule has 0 saturated carbocycles. The Morgan fingerprint density at radius 1 is 1.39 bits per heavy atom. The van der Waals surface area contributed by atoms with Crippen molar-refractivity contribution in [3.05, 3.63) is 34.1 Å². The van der Waals surface area contributed by atoms with Crippen LogP contribution in [-0.4, -0.2) is 20.3 Å². The van der Waals surface area contributed by atoms with E-state index in [1.807, 2.05) is 0 Å². The maximum Gasteiger partial charge on any atom is 0.123 e. The second kappa shape index (κ2) is 8.62. The summed E-state index contributed by atoms with van der Waals surface area (Å²) in [6, 6.07) is 5.04. The molecule has 0 bridgehead atoms. The molecular formula is C14H21BrFNO. The average Bonchev–Trinajstić information content (AvgIpc) is 2.36. The first-order valence-corrected chi connectivity index (χ1v) is 7.15. The van der Waals surface area contributed by atoms with E-state index >= 15 is 0 Å². The van der Waals surface area contributed by atoms with Gasteiger partial charge in [-0.15, -0.1) is 0 Å². The van der Waals surface area contributed by atoms with Crippen molar-refractivity contribution in [2.75, 3.05) is 20.3 Å². The Balaban J connectivity index is 2.67. The van der Waals surface area contributed by atoms with Gasteiger partial charge in [0.05, 0.1) is 0 Å². The lowest BCUT2D eigenvalue weighted by Crippen LogP contribution is -2.21. The van der Waals surface area contributed by atoms with Gasteiger partial charge in [0.2, 0.25) is 0 Å². The van der Waals surface area contributed by atoms with Crippen LogP contribution in [0.1, 0.15) is 37.8 Å². The lowest BCUT2D eigenvalue weighted by molar-refractivity contribution is 0.191. The lowest BCUT2D eigenvalue weighted by atomic mass is 10.0. The third-order valence-electron chi connectivity index (χ3n) is 2.88. The molecule has 0 heterocycles. The Bertz CT molecular complexity index is 360. The molecule has 1 unspecified atom stereocenters. The van der Waals surface area contributed by atoms with E-state index in [-0.39, 0.29) is 11.9 Å².